The smallest absolute Gasteiger partial charge is 0.328 e. The molecule has 0 bridgehead atoms. The van der Waals surface area contributed by atoms with Crippen LogP contribution in [0.5, 0.6) is 0 Å². The summed E-state index contributed by atoms with van der Waals surface area (Å²) >= 11 is 0. The molecule has 0 unspecified atom stereocenters. The van der Waals surface area contributed by atoms with Crippen molar-refractivity contribution in [1.29, 1.82) is 0 Å². The van der Waals surface area contributed by atoms with E-state index < -0.39 is 11.5 Å². The van der Waals surface area contributed by atoms with Crippen LogP contribution in [-0.4, -0.2) is 46.6 Å². The number of carboxylic acid groups (broad SMARTS) is 1. The predicted molar refractivity (Wildman–Crippen MR) is 52.0 cm³/mol. The molecule has 0 aliphatic carbocycles. The van der Waals surface area contributed by atoms with E-state index in [0.29, 0.717) is 12.1 Å². The molecule has 0 radical (unpaired) electrons. The highest BCUT2D eigenvalue weighted by Gasteiger charge is 2.20. The normalized spacial score (nSPS) is 13.0. The highest BCUT2D eigenvalue weighted by molar-refractivity contribution is 5.80. The molecule has 14 heavy (non-hydrogen) atoms. The van der Waals surface area contributed by atoms with Gasteiger partial charge in [0.2, 0.25) is 0 Å². The van der Waals surface area contributed by atoms with Crippen molar-refractivity contribution >= 4 is 5.97 Å². The minimum Gasteiger partial charge on any atom is -0.478 e. The largest absolute Gasteiger partial charge is 0.478 e. The second-order valence-electron chi connectivity index (χ2n) is 3.56. The van der Waals surface area contributed by atoms with Crippen molar-refractivity contribution in [3.8, 4) is 0 Å². The van der Waals surface area contributed by atoms with E-state index in [0.717, 1.165) is 6.08 Å². The van der Waals surface area contributed by atoms with Gasteiger partial charge in [-0.25, -0.2) is 4.79 Å². The Kier molecular flexibility index (Phi) is 5.37. The molecule has 0 aliphatic heterocycles. The van der Waals surface area contributed by atoms with Gasteiger partial charge < -0.3 is 20.6 Å². The Morgan fingerprint density at radius 3 is 2.29 bits per heavy atom. The number of aliphatic carboxylic acids is 1. The summed E-state index contributed by atoms with van der Waals surface area (Å²) in [5.41, 5.74) is -0.140. The molecule has 0 aromatic carbocycles. The summed E-state index contributed by atoms with van der Waals surface area (Å²) in [6.45, 7) is 3.23. The number of rotatable bonds is 6. The van der Waals surface area contributed by atoms with Crippen molar-refractivity contribution in [3.05, 3.63) is 11.6 Å². The van der Waals surface area contributed by atoms with E-state index >= 15 is 0 Å². The van der Waals surface area contributed by atoms with Crippen molar-refractivity contribution in [2.24, 2.45) is 0 Å². The molecule has 0 spiro atoms. The van der Waals surface area contributed by atoms with Crippen LogP contribution >= 0.6 is 0 Å². The molecule has 0 heterocycles. The van der Waals surface area contributed by atoms with Gasteiger partial charge in [-0.3, -0.25) is 0 Å². The molecular weight excluding hydrogens is 186 g/mol. The Morgan fingerprint density at radius 1 is 1.43 bits per heavy atom. The zero-order valence-corrected chi connectivity index (χ0v) is 8.45. The third-order valence-corrected chi connectivity index (χ3v) is 1.86. The first-order chi connectivity index (χ1) is 6.43. The molecule has 4 N–H and O–H groups in total. The van der Waals surface area contributed by atoms with Crippen LogP contribution in [0, 0.1) is 0 Å². The van der Waals surface area contributed by atoms with Crippen molar-refractivity contribution in [2.75, 3.05) is 19.8 Å². The van der Waals surface area contributed by atoms with Crippen LogP contribution in [0.3, 0.4) is 0 Å². The molecule has 0 aliphatic rings. The Hall–Kier alpha value is -0.910. The zero-order chi connectivity index (χ0) is 11.2. The molecule has 82 valence electrons. The van der Waals surface area contributed by atoms with E-state index in [9.17, 15) is 4.79 Å². The molecule has 5 nitrogen and oxygen atoms in total. The number of carbonyl (C=O) groups is 1. The van der Waals surface area contributed by atoms with Gasteiger partial charge in [-0.1, -0.05) is 5.57 Å². The first-order valence-electron chi connectivity index (χ1n) is 4.30. The summed E-state index contributed by atoms with van der Waals surface area (Å²) in [6.07, 6.45) is 1.09. The van der Waals surface area contributed by atoms with Gasteiger partial charge in [0, 0.05) is 12.6 Å². The average Bonchev–Trinajstić information content (AvgIpc) is 2.13. The van der Waals surface area contributed by atoms with Crippen LogP contribution in [0.25, 0.3) is 0 Å². The van der Waals surface area contributed by atoms with Crippen molar-refractivity contribution < 1.29 is 20.1 Å². The van der Waals surface area contributed by atoms with Gasteiger partial charge in [0.15, 0.2) is 0 Å². The second kappa shape index (κ2) is 5.74. The molecule has 0 aromatic rings. The molecule has 0 fully saturated rings. The lowest BCUT2D eigenvalue weighted by Gasteiger charge is -2.26. The van der Waals surface area contributed by atoms with Crippen LogP contribution < -0.4 is 5.32 Å². The molecule has 0 saturated carbocycles. The number of carboxylic acids is 1. The lowest BCUT2D eigenvalue weighted by molar-refractivity contribution is -0.131. The van der Waals surface area contributed by atoms with Crippen molar-refractivity contribution in [1.82, 2.24) is 5.32 Å². The van der Waals surface area contributed by atoms with Crippen LogP contribution in [0.4, 0.5) is 0 Å². The lowest BCUT2D eigenvalue weighted by atomic mass is 10.1. The van der Waals surface area contributed by atoms with Gasteiger partial charge in [0.25, 0.3) is 0 Å². The van der Waals surface area contributed by atoms with Gasteiger partial charge in [-0.05, 0) is 13.8 Å². The van der Waals surface area contributed by atoms with Gasteiger partial charge in [-0.2, -0.15) is 0 Å². The maximum Gasteiger partial charge on any atom is 0.328 e. The molecule has 0 saturated heterocycles. The summed E-state index contributed by atoms with van der Waals surface area (Å²) < 4.78 is 0. The molecule has 5 heteroatoms. The first kappa shape index (κ1) is 13.1. The molecule has 0 aromatic heterocycles. The quantitative estimate of drug-likeness (QED) is 0.431. The second-order valence-corrected chi connectivity index (χ2v) is 3.56. The predicted octanol–water partition coefficient (Wildman–Crippen LogP) is -0.650. The van der Waals surface area contributed by atoms with Gasteiger partial charge in [0.1, 0.15) is 0 Å². The average molecular weight is 203 g/mol. The molecule has 0 amide bonds. The monoisotopic (exact) mass is 203 g/mol. The highest BCUT2D eigenvalue weighted by atomic mass is 16.4. The Balaban J connectivity index is 4.10. The maximum atomic E-state index is 10.3. The lowest BCUT2D eigenvalue weighted by Crippen LogP contribution is -2.49. The van der Waals surface area contributed by atoms with Crippen LogP contribution in [0.2, 0.25) is 0 Å². The summed E-state index contributed by atoms with van der Waals surface area (Å²) in [5, 5.41) is 29.1. The van der Waals surface area contributed by atoms with Crippen molar-refractivity contribution in [2.45, 2.75) is 19.4 Å². The third kappa shape index (κ3) is 4.96. The van der Waals surface area contributed by atoms with E-state index in [2.05, 4.69) is 5.32 Å². The summed E-state index contributed by atoms with van der Waals surface area (Å²) in [6, 6.07) is 0. The Labute approximate surface area is 83.1 Å². The number of nitrogens with one attached hydrogen (secondary N) is 1. The fraction of sp³-hybridized carbons (Fsp3) is 0.667. The first-order valence-corrected chi connectivity index (χ1v) is 4.30. The maximum absolute atomic E-state index is 10.3. The molecule has 0 atom stereocenters. The minimum atomic E-state index is -1.00. The molecular formula is C9H17NO4. The standard InChI is InChI=1S/C9H17NO4/c1-7(3-8(13)14)4-10-9(2,5-11)6-12/h3,10-12H,4-6H2,1-2H3,(H,13,14). The zero-order valence-electron chi connectivity index (χ0n) is 8.45. The Bertz CT molecular complexity index is 221. The third-order valence-electron chi connectivity index (χ3n) is 1.86. The topological polar surface area (TPSA) is 89.8 Å². The van der Waals surface area contributed by atoms with E-state index in [1.54, 1.807) is 13.8 Å². The fourth-order valence-electron chi connectivity index (χ4n) is 0.776. The van der Waals surface area contributed by atoms with Gasteiger partial charge >= 0.3 is 5.97 Å². The van der Waals surface area contributed by atoms with E-state index in [4.69, 9.17) is 15.3 Å². The van der Waals surface area contributed by atoms with E-state index in [1.807, 2.05) is 0 Å². The van der Waals surface area contributed by atoms with Crippen LogP contribution in [0.1, 0.15) is 13.8 Å². The summed E-state index contributed by atoms with van der Waals surface area (Å²) in [4.78, 5) is 10.3. The SMILES string of the molecule is CC(=CC(=O)O)CNC(C)(CO)CO. The summed E-state index contributed by atoms with van der Waals surface area (Å²) in [7, 11) is 0. The van der Waals surface area contributed by atoms with E-state index in [-0.39, 0.29) is 13.2 Å². The number of aliphatic hydroxyl groups is 2. The van der Waals surface area contributed by atoms with E-state index in [1.165, 1.54) is 0 Å². The molecule has 0 rings (SSSR count). The number of hydrogen-bond donors (Lipinski definition) is 4. The van der Waals surface area contributed by atoms with Crippen LogP contribution in [0.15, 0.2) is 11.6 Å². The highest BCUT2D eigenvalue weighted by Crippen LogP contribution is 2.01. The minimum absolute atomic E-state index is 0.205. The Morgan fingerprint density at radius 2 is 1.93 bits per heavy atom. The van der Waals surface area contributed by atoms with Gasteiger partial charge in [-0.15, -0.1) is 0 Å². The van der Waals surface area contributed by atoms with Crippen LogP contribution in [-0.2, 0) is 4.79 Å². The van der Waals surface area contributed by atoms with Crippen molar-refractivity contribution in [3.63, 3.8) is 0 Å². The van der Waals surface area contributed by atoms with Gasteiger partial charge in [0.05, 0.1) is 18.8 Å². The number of aliphatic hydroxyl groups excluding tert-OH is 2. The fourth-order valence-corrected chi connectivity index (χ4v) is 0.776. The summed E-state index contributed by atoms with van der Waals surface area (Å²) in [5.74, 6) is -1.00. The number of hydrogen-bond acceptors (Lipinski definition) is 4.